The second-order valence-electron chi connectivity index (χ2n) is 7.37. The first kappa shape index (κ1) is 24.1. The van der Waals surface area contributed by atoms with E-state index in [-0.39, 0.29) is 16.5 Å². The maximum Gasteiger partial charge on any atom is 0.416 e. The Kier molecular flexibility index (Phi) is 7.51. The second-order valence-corrected chi connectivity index (χ2v) is 9.64. The molecule has 5 nitrogen and oxygen atoms in total. The molecule has 1 aliphatic rings. The van der Waals surface area contributed by atoms with Crippen LogP contribution in [0.1, 0.15) is 31.2 Å². The Morgan fingerprint density at radius 2 is 1.81 bits per heavy atom. The Hall–Kier alpha value is -2.52. The number of nitrogens with zero attached hydrogens (tertiary/aromatic N) is 1. The number of allylic oxidation sites excluding steroid dienone is 1. The summed E-state index contributed by atoms with van der Waals surface area (Å²) < 4.78 is 67.0. The molecule has 10 heteroatoms. The Balaban J connectivity index is 1.95. The molecule has 0 spiro atoms. The first-order chi connectivity index (χ1) is 15.1. The quantitative estimate of drug-likeness (QED) is 0.549. The van der Waals surface area contributed by atoms with Gasteiger partial charge in [-0.25, -0.2) is 8.42 Å². The standard InChI is InChI=1S/C22H22ClF3N2O3S/c23-19-12-11-17(22(24,25)26)13-20(19)28(32(30,31)18-9-5-2-6-10-18)15-21(29)27-14-16-7-3-1-4-8-16/h2,5-7,9-13H,1,3-4,8,14-15H2,(H,27,29). The van der Waals surface area contributed by atoms with Crippen molar-refractivity contribution in [3.63, 3.8) is 0 Å². The number of alkyl halides is 3. The third-order valence-electron chi connectivity index (χ3n) is 5.06. The van der Waals surface area contributed by atoms with E-state index in [4.69, 9.17) is 11.6 Å². The minimum Gasteiger partial charge on any atom is -0.351 e. The van der Waals surface area contributed by atoms with Gasteiger partial charge in [0.1, 0.15) is 6.54 Å². The largest absolute Gasteiger partial charge is 0.416 e. The summed E-state index contributed by atoms with van der Waals surface area (Å²) in [6, 6.07) is 9.53. The molecule has 3 rings (SSSR count). The highest BCUT2D eigenvalue weighted by Gasteiger charge is 2.34. The normalized spacial score (nSPS) is 14.6. The minimum absolute atomic E-state index is 0.170. The average Bonchev–Trinajstić information content (AvgIpc) is 2.77. The Labute approximate surface area is 189 Å². The number of sulfonamides is 1. The van der Waals surface area contributed by atoms with E-state index in [2.05, 4.69) is 5.32 Å². The average molecular weight is 487 g/mol. The van der Waals surface area contributed by atoms with Crippen molar-refractivity contribution in [2.24, 2.45) is 0 Å². The van der Waals surface area contributed by atoms with Crippen molar-refractivity contribution in [1.29, 1.82) is 0 Å². The number of hydrogen-bond acceptors (Lipinski definition) is 3. The predicted octanol–water partition coefficient (Wildman–Crippen LogP) is 5.17. The smallest absolute Gasteiger partial charge is 0.351 e. The second kappa shape index (κ2) is 9.95. The van der Waals surface area contributed by atoms with Crippen LogP contribution in [-0.4, -0.2) is 27.4 Å². The van der Waals surface area contributed by atoms with Crippen molar-refractivity contribution >= 4 is 33.2 Å². The molecule has 0 radical (unpaired) electrons. The first-order valence-corrected chi connectivity index (χ1v) is 11.8. The van der Waals surface area contributed by atoms with Crippen LogP contribution in [0.4, 0.5) is 18.9 Å². The fourth-order valence-corrected chi connectivity index (χ4v) is 5.09. The van der Waals surface area contributed by atoms with Crippen LogP contribution in [0.3, 0.4) is 0 Å². The van der Waals surface area contributed by atoms with Crippen LogP contribution in [-0.2, 0) is 21.0 Å². The number of carbonyl (C=O) groups excluding carboxylic acids is 1. The van der Waals surface area contributed by atoms with Crippen LogP contribution in [0.2, 0.25) is 5.02 Å². The topological polar surface area (TPSA) is 66.5 Å². The van der Waals surface area contributed by atoms with Gasteiger partial charge in [0, 0.05) is 6.54 Å². The molecule has 0 unspecified atom stereocenters. The highest BCUT2D eigenvalue weighted by atomic mass is 35.5. The molecule has 0 bridgehead atoms. The summed E-state index contributed by atoms with van der Waals surface area (Å²) in [6.07, 6.45) is 1.17. The third kappa shape index (κ3) is 5.83. The maximum absolute atomic E-state index is 13.3. The van der Waals surface area contributed by atoms with Crippen molar-refractivity contribution in [2.75, 3.05) is 17.4 Å². The number of benzene rings is 2. The lowest BCUT2D eigenvalue weighted by atomic mass is 10.00. The molecule has 0 saturated heterocycles. The Bertz CT molecular complexity index is 1100. The molecule has 1 N–H and O–H groups in total. The summed E-state index contributed by atoms with van der Waals surface area (Å²) >= 11 is 6.10. The highest BCUT2D eigenvalue weighted by Crippen LogP contribution is 2.37. The van der Waals surface area contributed by atoms with Gasteiger partial charge in [0.05, 0.1) is 21.2 Å². The maximum atomic E-state index is 13.3. The van der Waals surface area contributed by atoms with Gasteiger partial charge in [0.25, 0.3) is 10.0 Å². The number of anilines is 1. The van der Waals surface area contributed by atoms with Crippen LogP contribution in [0.15, 0.2) is 65.1 Å². The van der Waals surface area contributed by atoms with Gasteiger partial charge in [-0.15, -0.1) is 0 Å². The van der Waals surface area contributed by atoms with E-state index in [0.29, 0.717) is 10.4 Å². The summed E-state index contributed by atoms with van der Waals surface area (Å²) in [5, 5.41) is 2.44. The zero-order chi connectivity index (χ0) is 23.4. The van der Waals surface area contributed by atoms with E-state index in [1.807, 2.05) is 6.08 Å². The van der Waals surface area contributed by atoms with Gasteiger partial charge in [-0.3, -0.25) is 9.10 Å². The third-order valence-corrected chi connectivity index (χ3v) is 7.15. The molecule has 172 valence electrons. The molecule has 1 aliphatic carbocycles. The predicted molar refractivity (Wildman–Crippen MR) is 117 cm³/mol. The molecule has 2 aromatic carbocycles. The van der Waals surface area contributed by atoms with Crippen molar-refractivity contribution in [2.45, 2.75) is 36.8 Å². The van der Waals surface area contributed by atoms with Crippen LogP contribution in [0, 0.1) is 0 Å². The lowest BCUT2D eigenvalue weighted by Crippen LogP contribution is -2.41. The van der Waals surface area contributed by atoms with Crippen molar-refractivity contribution in [1.82, 2.24) is 5.32 Å². The van der Waals surface area contributed by atoms with Crippen LogP contribution >= 0.6 is 11.6 Å². The molecule has 2 aromatic rings. The van der Waals surface area contributed by atoms with Crippen molar-refractivity contribution in [3.8, 4) is 0 Å². The molecular formula is C22H22ClF3N2O3S. The van der Waals surface area contributed by atoms with Crippen LogP contribution in [0.5, 0.6) is 0 Å². The molecule has 0 saturated carbocycles. The molecule has 0 heterocycles. The molecule has 32 heavy (non-hydrogen) atoms. The number of amides is 1. The number of rotatable bonds is 7. The molecule has 0 aromatic heterocycles. The monoisotopic (exact) mass is 486 g/mol. The summed E-state index contributed by atoms with van der Waals surface area (Å²) in [5.41, 5.74) is -0.450. The number of nitrogens with one attached hydrogen (secondary N) is 1. The van der Waals surface area contributed by atoms with Gasteiger partial charge in [-0.1, -0.05) is 41.4 Å². The lowest BCUT2D eigenvalue weighted by Gasteiger charge is -2.26. The number of carbonyl (C=O) groups is 1. The Morgan fingerprint density at radius 1 is 1.09 bits per heavy atom. The van der Waals surface area contributed by atoms with Crippen LogP contribution < -0.4 is 9.62 Å². The minimum atomic E-state index is -4.71. The van der Waals surface area contributed by atoms with Crippen molar-refractivity contribution < 1.29 is 26.4 Å². The van der Waals surface area contributed by atoms with Gasteiger partial charge in [0.2, 0.25) is 5.91 Å². The zero-order valence-electron chi connectivity index (χ0n) is 17.0. The Morgan fingerprint density at radius 3 is 2.44 bits per heavy atom. The van der Waals surface area contributed by atoms with E-state index in [1.165, 1.54) is 24.3 Å². The van der Waals surface area contributed by atoms with Crippen LogP contribution in [0.25, 0.3) is 0 Å². The number of hydrogen-bond donors (Lipinski definition) is 1. The van der Waals surface area contributed by atoms with Gasteiger partial charge >= 0.3 is 6.18 Å². The van der Waals surface area contributed by atoms with E-state index in [9.17, 15) is 26.4 Å². The molecular weight excluding hydrogens is 465 g/mol. The van der Waals surface area contributed by atoms with Crippen molar-refractivity contribution in [3.05, 3.63) is 70.8 Å². The highest BCUT2D eigenvalue weighted by molar-refractivity contribution is 7.92. The van der Waals surface area contributed by atoms with Gasteiger partial charge in [-0.2, -0.15) is 13.2 Å². The summed E-state index contributed by atoms with van der Waals surface area (Å²) in [4.78, 5) is 12.5. The fraction of sp³-hybridized carbons (Fsp3) is 0.318. The summed E-state index contributed by atoms with van der Waals surface area (Å²) in [6.45, 7) is -0.458. The molecule has 0 aliphatic heterocycles. The van der Waals surface area contributed by atoms with E-state index >= 15 is 0 Å². The van der Waals surface area contributed by atoms with E-state index in [1.54, 1.807) is 6.07 Å². The molecule has 1 amide bonds. The van der Waals surface area contributed by atoms with Gasteiger partial charge < -0.3 is 5.32 Å². The lowest BCUT2D eigenvalue weighted by molar-refractivity contribution is -0.137. The SMILES string of the molecule is O=C(CN(c1cc(C(F)(F)F)ccc1Cl)S(=O)(=O)c1ccccc1)NCC1=CCCCC1. The molecule has 0 atom stereocenters. The van der Waals surface area contributed by atoms with Gasteiger partial charge in [0.15, 0.2) is 0 Å². The van der Waals surface area contributed by atoms with E-state index in [0.717, 1.165) is 43.4 Å². The first-order valence-electron chi connectivity index (χ1n) is 9.98. The summed E-state index contributed by atoms with van der Waals surface area (Å²) in [5.74, 6) is -0.649. The summed E-state index contributed by atoms with van der Waals surface area (Å²) in [7, 11) is -4.37. The zero-order valence-corrected chi connectivity index (χ0v) is 18.6. The van der Waals surface area contributed by atoms with Gasteiger partial charge in [-0.05, 0) is 56.0 Å². The van der Waals surface area contributed by atoms with E-state index < -0.39 is 39.9 Å². The fourth-order valence-electron chi connectivity index (χ4n) is 3.36. The number of halogens is 4. The molecule has 0 fully saturated rings.